The monoisotopic (exact) mass is 468 g/mol. The molecule has 0 N–H and O–H groups in total. The van der Waals surface area contributed by atoms with Gasteiger partial charge >= 0.3 is 0 Å². The average Bonchev–Trinajstić information content (AvgIpc) is 2.91. The van der Waals surface area contributed by atoms with Crippen LogP contribution in [0, 0.1) is 13.8 Å². The van der Waals surface area contributed by atoms with Crippen LogP contribution in [0.5, 0.6) is 11.5 Å². The molecule has 0 aliphatic rings. The molecule has 2 heteroatoms. The molecule has 6 aromatic rings. The Labute approximate surface area is 211 Å². The molecular weight excluding hydrogens is 440 g/mol. The first-order valence-corrected chi connectivity index (χ1v) is 12.3. The van der Waals surface area contributed by atoms with E-state index in [4.69, 9.17) is 9.47 Å². The van der Waals surface area contributed by atoms with Crippen molar-refractivity contribution in [3.8, 4) is 33.8 Å². The minimum Gasteiger partial charge on any atom is -0.495 e. The normalized spacial score (nSPS) is 11.3. The third kappa shape index (κ3) is 3.18. The predicted molar refractivity (Wildman–Crippen MR) is 152 cm³/mol. The molecule has 0 radical (unpaired) electrons. The van der Waals surface area contributed by atoms with E-state index in [1.54, 1.807) is 14.2 Å². The van der Waals surface area contributed by atoms with Crippen LogP contribution in [0.15, 0.2) is 97.1 Å². The lowest BCUT2D eigenvalue weighted by molar-refractivity contribution is 0.418. The second-order valence-corrected chi connectivity index (χ2v) is 9.29. The minimum absolute atomic E-state index is 0.875. The van der Waals surface area contributed by atoms with Crippen molar-refractivity contribution in [1.29, 1.82) is 0 Å². The van der Waals surface area contributed by atoms with Gasteiger partial charge in [0.2, 0.25) is 0 Å². The molecule has 2 nitrogen and oxygen atoms in total. The predicted octanol–water partition coefficient (Wildman–Crippen LogP) is 9.11. The van der Waals surface area contributed by atoms with E-state index >= 15 is 0 Å². The summed E-state index contributed by atoms with van der Waals surface area (Å²) in [5, 5.41) is 6.66. The van der Waals surface area contributed by atoms with Gasteiger partial charge in [0.05, 0.1) is 14.2 Å². The maximum Gasteiger partial charge on any atom is 0.135 e. The summed E-state index contributed by atoms with van der Waals surface area (Å²) >= 11 is 0. The first-order chi connectivity index (χ1) is 17.7. The van der Waals surface area contributed by atoms with Crippen LogP contribution in [0.4, 0.5) is 0 Å². The van der Waals surface area contributed by atoms with Gasteiger partial charge in [0.15, 0.2) is 0 Å². The van der Waals surface area contributed by atoms with Gasteiger partial charge < -0.3 is 9.47 Å². The van der Waals surface area contributed by atoms with Crippen LogP contribution < -0.4 is 9.47 Å². The molecule has 0 aromatic heterocycles. The van der Waals surface area contributed by atoms with Crippen LogP contribution in [-0.4, -0.2) is 14.2 Å². The number of rotatable bonds is 4. The topological polar surface area (TPSA) is 18.5 Å². The quantitative estimate of drug-likeness (QED) is 0.240. The van der Waals surface area contributed by atoms with E-state index in [9.17, 15) is 0 Å². The summed E-state index contributed by atoms with van der Waals surface area (Å²) < 4.78 is 12.5. The number of methoxy groups -OCH3 is 2. The molecule has 0 amide bonds. The molecule has 6 aromatic carbocycles. The van der Waals surface area contributed by atoms with Crippen molar-refractivity contribution in [2.24, 2.45) is 0 Å². The number of hydrogen-bond donors (Lipinski definition) is 0. The fourth-order valence-corrected chi connectivity index (χ4v) is 5.73. The Bertz CT molecular complexity index is 1650. The van der Waals surface area contributed by atoms with Crippen molar-refractivity contribution in [3.05, 3.63) is 108 Å². The summed E-state index contributed by atoms with van der Waals surface area (Å²) in [4.78, 5) is 0. The molecule has 0 unspecified atom stereocenters. The van der Waals surface area contributed by atoms with Crippen molar-refractivity contribution in [1.82, 2.24) is 0 Å². The summed E-state index contributed by atoms with van der Waals surface area (Å²) in [6.45, 7) is 4.35. The number of benzene rings is 6. The first-order valence-electron chi connectivity index (χ1n) is 12.3. The molecule has 176 valence electrons. The highest BCUT2D eigenvalue weighted by atomic mass is 16.5. The number of fused-ring (bicyclic) bond motifs is 3. The van der Waals surface area contributed by atoms with Gasteiger partial charge in [-0.15, -0.1) is 0 Å². The SMILES string of the molecule is COc1c2ccccc2c(OC)c2c(-c3ccccc3C)c3ccccc3c(-c3ccccc3C)c12. The van der Waals surface area contributed by atoms with Crippen LogP contribution in [0.2, 0.25) is 0 Å². The summed E-state index contributed by atoms with van der Waals surface area (Å²) in [5.74, 6) is 1.75. The summed E-state index contributed by atoms with van der Waals surface area (Å²) in [5.41, 5.74) is 7.20. The van der Waals surface area contributed by atoms with Crippen LogP contribution >= 0.6 is 0 Å². The number of hydrogen-bond acceptors (Lipinski definition) is 2. The maximum absolute atomic E-state index is 6.26. The molecule has 0 saturated heterocycles. The zero-order valence-corrected chi connectivity index (χ0v) is 21.1. The molecule has 0 bridgehead atoms. The zero-order chi connectivity index (χ0) is 24.8. The van der Waals surface area contributed by atoms with Crippen LogP contribution in [0.1, 0.15) is 11.1 Å². The highest BCUT2D eigenvalue weighted by Crippen LogP contribution is 2.54. The van der Waals surface area contributed by atoms with Gasteiger partial charge in [0.1, 0.15) is 11.5 Å². The van der Waals surface area contributed by atoms with E-state index < -0.39 is 0 Å². The van der Waals surface area contributed by atoms with E-state index in [-0.39, 0.29) is 0 Å². The maximum atomic E-state index is 6.26. The molecule has 0 saturated carbocycles. The van der Waals surface area contributed by atoms with Crippen molar-refractivity contribution in [2.75, 3.05) is 14.2 Å². The van der Waals surface area contributed by atoms with Crippen molar-refractivity contribution in [3.63, 3.8) is 0 Å². The molecule has 36 heavy (non-hydrogen) atoms. The van der Waals surface area contributed by atoms with Crippen LogP contribution in [0.3, 0.4) is 0 Å². The van der Waals surface area contributed by atoms with Crippen LogP contribution in [0.25, 0.3) is 54.6 Å². The van der Waals surface area contributed by atoms with Crippen molar-refractivity contribution < 1.29 is 9.47 Å². The Balaban J connectivity index is 2.02. The molecule has 0 spiro atoms. The van der Waals surface area contributed by atoms with E-state index in [1.807, 2.05) is 0 Å². The number of ether oxygens (including phenoxy) is 2. The van der Waals surface area contributed by atoms with E-state index in [0.717, 1.165) is 33.0 Å². The largest absolute Gasteiger partial charge is 0.495 e. The molecule has 0 aliphatic heterocycles. The molecule has 0 aliphatic carbocycles. The molecule has 0 atom stereocenters. The fraction of sp³-hybridized carbons (Fsp3) is 0.118. The number of aryl methyl sites for hydroxylation is 2. The Hall–Kier alpha value is -4.30. The Morgan fingerprint density at radius 3 is 1.11 bits per heavy atom. The standard InChI is InChI=1S/C34H28O2/c1-21-13-5-7-15-23(21)29-25-17-9-10-18-26(25)30(24-16-8-6-14-22(24)2)32-31(29)33(35-3)27-19-11-12-20-28(27)34(32)36-4/h5-20H,1-4H3. The summed E-state index contributed by atoms with van der Waals surface area (Å²) in [6, 6.07) is 34.3. The summed E-state index contributed by atoms with van der Waals surface area (Å²) in [6.07, 6.45) is 0. The van der Waals surface area contributed by atoms with Gasteiger partial charge in [-0.05, 0) is 46.9 Å². The van der Waals surface area contributed by atoms with Gasteiger partial charge in [-0.2, -0.15) is 0 Å². The lowest BCUT2D eigenvalue weighted by atomic mass is 9.82. The molecule has 6 rings (SSSR count). The second-order valence-electron chi connectivity index (χ2n) is 9.29. The Kier molecular flexibility index (Phi) is 5.38. The van der Waals surface area contributed by atoms with E-state index in [0.29, 0.717) is 0 Å². The van der Waals surface area contributed by atoms with Gasteiger partial charge in [0, 0.05) is 32.7 Å². The molecule has 0 fully saturated rings. The first kappa shape index (κ1) is 22.2. The Morgan fingerprint density at radius 2 is 0.750 bits per heavy atom. The van der Waals surface area contributed by atoms with Crippen molar-refractivity contribution >= 4 is 32.3 Å². The highest BCUT2D eigenvalue weighted by molar-refractivity contribution is 6.29. The molecule has 0 heterocycles. The van der Waals surface area contributed by atoms with Crippen molar-refractivity contribution in [2.45, 2.75) is 13.8 Å². The average molecular weight is 469 g/mol. The van der Waals surface area contributed by atoms with E-state index in [2.05, 4.69) is 111 Å². The third-order valence-electron chi connectivity index (χ3n) is 7.32. The van der Waals surface area contributed by atoms with E-state index in [1.165, 1.54) is 44.2 Å². The smallest absolute Gasteiger partial charge is 0.135 e. The van der Waals surface area contributed by atoms with Crippen LogP contribution in [-0.2, 0) is 0 Å². The minimum atomic E-state index is 0.875. The summed E-state index contributed by atoms with van der Waals surface area (Å²) in [7, 11) is 3.55. The Morgan fingerprint density at radius 1 is 0.417 bits per heavy atom. The lowest BCUT2D eigenvalue weighted by Gasteiger charge is -2.24. The van der Waals surface area contributed by atoms with Gasteiger partial charge in [-0.3, -0.25) is 0 Å². The van der Waals surface area contributed by atoms with Gasteiger partial charge in [-0.25, -0.2) is 0 Å². The highest BCUT2D eigenvalue weighted by Gasteiger charge is 2.26. The molecular formula is C34H28O2. The third-order valence-corrected chi connectivity index (χ3v) is 7.32. The van der Waals surface area contributed by atoms with Gasteiger partial charge in [-0.1, -0.05) is 97.1 Å². The van der Waals surface area contributed by atoms with Gasteiger partial charge in [0.25, 0.3) is 0 Å². The fourth-order valence-electron chi connectivity index (χ4n) is 5.73. The zero-order valence-electron chi connectivity index (χ0n) is 21.1. The second kappa shape index (κ2) is 8.73. The lowest BCUT2D eigenvalue weighted by Crippen LogP contribution is -1.99.